The molecule has 1 heterocycles. The molecule has 2 aromatic rings. The molecule has 1 aromatic heterocycles. The third-order valence-corrected chi connectivity index (χ3v) is 7.45. The van der Waals surface area contributed by atoms with Crippen molar-refractivity contribution >= 4 is 33.0 Å². The van der Waals surface area contributed by atoms with Crippen LogP contribution in [0.2, 0.25) is 0 Å². The summed E-state index contributed by atoms with van der Waals surface area (Å²) in [7, 11) is 0. The number of rotatable bonds is 2. The van der Waals surface area contributed by atoms with Crippen LogP contribution in [0.4, 0.5) is 0 Å². The monoisotopic (exact) mass is 288 g/mol. The Hall–Kier alpha value is -0.530. The molecule has 1 aromatic carbocycles. The third kappa shape index (κ3) is 1.41. The smallest absolute Gasteiger partial charge is 0.0633 e. The van der Waals surface area contributed by atoms with Gasteiger partial charge in [0.15, 0.2) is 0 Å². The molecule has 3 aliphatic rings. The van der Waals surface area contributed by atoms with Gasteiger partial charge in [-0.05, 0) is 71.2 Å². The third-order valence-electron chi connectivity index (χ3n) is 5.94. The highest BCUT2D eigenvalue weighted by atomic mass is 35.5. The lowest BCUT2D eigenvalue weighted by Crippen LogP contribution is -2.03. The van der Waals surface area contributed by atoms with Crippen molar-refractivity contribution < 1.29 is 0 Å². The van der Waals surface area contributed by atoms with E-state index in [9.17, 15) is 0 Å². The number of halogens is 1. The molecule has 2 heteroatoms. The van der Waals surface area contributed by atoms with Gasteiger partial charge in [-0.25, -0.2) is 0 Å². The Kier molecular flexibility index (Phi) is 2.21. The minimum Gasteiger partial charge on any atom is -0.143 e. The predicted octanol–water partition coefficient (Wildman–Crippen LogP) is 5.47. The van der Waals surface area contributed by atoms with Crippen LogP contribution >= 0.6 is 22.9 Å². The van der Waals surface area contributed by atoms with E-state index >= 15 is 0 Å². The van der Waals surface area contributed by atoms with E-state index in [-0.39, 0.29) is 5.38 Å². The normalized spacial score (nSPS) is 40.6. The summed E-state index contributed by atoms with van der Waals surface area (Å²) in [4.78, 5) is 0. The summed E-state index contributed by atoms with van der Waals surface area (Å²) in [6.45, 7) is 0. The molecule has 0 aliphatic heterocycles. The van der Waals surface area contributed by atoms with Gasteiger partial charge in [-0.15, -0.1) is 22.9 Å². The molecule has 3 saturated carbocycles. The van der Waals surface area contributed by atoms with E-state index in [1.54, 1.807) is 0 Å². The summed E-state index contributed by atoms with van der Waals surface area (Å²) < 4.78 is 1.39. The molecule has 0 N–H and O–H groups in total. The van der Waals surface area contributed by atoms with E-state index in [1.165, 1.54) is 34.9 Å². The first-order valence-electron chi connectivity index (χ1n) is 7.45. The molecule has 5 rings (SSSR count). The van der Waals surface area contributed by atoms with E-state index in [0.29, 0.717) is 0 Å². The minimum absolute atomic E-state index is 0.259. The van der Waals surface area contributed by atoms with E-state index in [1.807, 2.05) is 11.3 Å². The first kappa shape index (κ1) is 11.2. The van der Waals surface area contributed by atoms with E-state index in [4.69, 9.17) is 11.6 Å². The Morgan fingerprint density at radius 1 is 1.11 bits per heavy atom. The van der Waals surface area contributed by atoms with Gasteiger partial charge in [-0.2, -0.15) is 0 Å². The zero-order valence-electron chi connectivity index (χ0n) is 10.8. The number of fused-ring (bicyclic) bond motifs is 6. The van der Waals surface area contributed by atoms with Crippen LogP contribution < -0.4 is 0 Å². The molecule has 3 fully saturated rings. The number of hydrogen-bond donors (Lipinski definition) is 0. The van der Waals surface area contributed by atoms with Gasteiger partial charge < -0.3 is 0 Å². The molecule has 0 radical (unpaired) electrons. The van der Waals surface area contributed by atoms with Gasteiger partial charge in [0, 0.05) is 4.70 Å². The first-order chi connectivity index (χ1) is 9.34. The Bertz CT molecular complexity index is 630. The van der Waals surface area contributed by atoms with Crippen LogP contribution in [0.3, 0.4) is 0 Å². The van der Waals surface area contributed by atoms with Crippen LogP contribution in [0.1, 0.15) is 30.2 Å². The molecule has 0 amide bonds. The highest BCUT2D eigenvalue weighted by molar-refractivity contribution is 7.17. The second-order valence-corrected chi connectivity index (χ2v) is 8.04. The Morgan fingerprint density at radius 2 is 1.84 bits per heavy atom. The van der Waals surface area contributed by atoms with Gasteiger partial charge >= 0.3 is 0 Å². The van der Waals surface area contributed by atoms with E-state index in [0.717, 1.165) is 29.6 Å². The maximum Gasteiger partial charge on any atom is 0.0633 e. The van der Waals surface area contributed by atoms with Gasteiger partial charge in [-0.1, -0.05) is 18.2 Å². The quantitative estimate of drug-likeness (QED) is 0.643. The fourth-order valence-corrected chi connectivity index (χ4v) is 6.79. The van der Waals surface area contributed by atoms with Crippen molar-refractivity contribution in [3.63, 3.8) is 0 Å². The van der Waals surface area contributed by atoms with E-state index < -0.39 is 0 Å². The predicted molar refractivity (Wildman–Crippen MR) is 81.7 cm³/mol. The standard InChI is InChI=1S/C17H17ClS/c18-17(12-8-19-13-4-2-1-3-11(12)13)16-14-9-5-6-10(7-9)15(14)16/h1-4,8-10,14-17H,5-7H2. The van der Waals surface area contributed by atoms with E-state index in [2.05, 4.69) is 29.6 Å². The summed E-state index contributed by atoms with van der Waals surface area (Å²) in [5.74, 6) is 4.77. The molecule has 19 heavy (non-hydrogen) atoms. The van der Waals surface area contributed by atoms with Crippen molar-refractivity contribution in [1.29, 1.82) is 0 Å². The minimum atomic E-state index is 0.259. The molecular formula is C17H17ClS. The fourth-order valence-electron chi connectivity index (χ4n) is 5.20. The van der Waals surface area contributed by atoms with Crippen LogP contribution in [0.15, 0.2) is 29.6 Å². The Labute approximate surface area is 122 Å². The number of hydrogen-bond acceptors (Lipinski definition) is 1. The van der Waals surface area contributed by atoms with Crippen molar-refractivity contribution in [3.8, 4) is 0 Å². The van der Waals surface area contributed by atoms with Crippen LogP contribution in [-0.2, 0) is 0 Å². The number of alkyl halides is 1. The number of thiophene rings is 1. The maximum absolute atomic E-state index is 6.89. The maximum atomic E-state index is 6.89. The van der Waals surface area contributed by atoms with Gasteiger partial charge in [0.1, 0.15) is 0 Å². The fraction of sp³-hybridized carbons (Fsp3) is 0.529. The summed E-state index contributed by atoms with van der Waals surface area (Å²) in [6.07, 6.45) is 4.48. The van der Waals surface area contributed by atoms with Crippen molar-refractivity contribution in [3.05, 3.63) is 35.2 Å². The molecule has 3 aliphatic carbocycles. The molecule has 98 valence electrons. The summed E-state index contributed by atoms with van der Waals surface area (Å²) in [6, 6.07) is 8.71. The van der Waals surface area contributed by atoms with Crippen LogP contribution in [0.5, 0.6) is 0 Å². The average molecular weight is 289 g/mol. The highest BCUT2D eigenvalue weighted by Gasteiger charge is 2.66. The molecule has 5 atom stereocenters. The van der Waals surface area contributed by atoms with Crippen molar-refractivity contribution in [2.24, 2.45) is 29.6 Å². The van der Waals surface area contributed by atoms with Crippen LogP contribution in [0.25, 0.3) is 10.1 Å². The lowest BCUT2D eigenvalue weighted by atomic mass is 9.97. The molecular weight excluding hydrogens is 272 g/mol. The lowest BCUT2D eigenvalue weighted by molar-refractivity contribution is 0.456. The topological polar surface area (TPSA) is 0 Å². The average Bonchev–Trinajstić information content (AvgIpc) is 2.82. The summed E-state index contributed by atoms with van der Waals surface area (Å²) in [5, 5.41) is 3.96. The van der Waals surface area contributed by atoms with Crippen molar-refractivity contribution in [1.82, 2.24) is 0 Å². The van der Waals surface area contributed by atoms with Crippen LogP contribution in [0, 0.1) is 29.6 Å². The second-order valence-electron chi connectivity index (χ2n) is 6.65. The molecule has 0 nitrogen and oxygen atoms in total. The Morgan fingerprint density at radius 3 is 2.63 bits per heavy atom. The summed E-state index contributed by atoms with van der Waals surface area (Å²) in [5.41, 5.74) is 1.40. The van der Waals surface area contributed by atoms with Gasteiger partial charge in [0.2, 0.25) is 0 Å². The van der Waals surface area contributed by atoms with Crippen LogP contribution in [-0.4, -0.2) is 0 Å². The summed E-state index contributed by atoms with van der Waals surface area (Å²) >= 11 is 8.74. The molecule has 5 unspecified atom stereocenters. The highest BCUT2D eigenvalue weighted by Crippen LogP contribution is 2.73. The van der Waals surface area contributed by atoms with Crippen molar-refractivity contribution in [2.75, 3.05) is 0 Å². The zero-order valence-corrected chi connectivity index (χ0v) is 12.3. The second kappa shape index (κ2) is 3.77. The molecule has 0 saturated heterocycles. The lowest BCUT2D eigenvalue weighted by Gasteiger charge is -2.14. The van der Waals surface area contributed by atoms with Gasteiger partial charge in [0.05, 0.1) is 5.38 Å². The number of benzene rings is 1. The first-order valence-corrected chi connectivity index (χ1v) is 8.76. The largest absolute Gasteiger partial charge is 0.143 e. The van der Waals surface area contributed by atoms with Gasteiger partial charge in [-0.3, -0.25) is 0 Å². The molecule has 2 bridgehead atoms. The SMILES string of the molecule is ClC(c1csc2ccccc12)C1C2C3CCC(C3)C21. The van der Waals surface area contributed by atoms with Crippen molar-refractivity contribution in [2.45, 2.75) is 24.6 Å². The Balaban J connectivity index is 1.51. The zero-order chi connectivity index (χ0) is 12.6. The van der Waals surface area contributed by atoms with Gasteiger partial charge in [0.25, 0.3) is 0 Å². The molecule has 0 spiro atoms.